The molecule has 7 nitrogen and oxygen atoms in total. The molecule has 1 unspecified atom stereocenters. The molecule has 10 heteroatoms. The summed E-state index contributed by atoms with van der Waals surface area (Å²) in [7, 11) is 0. The number of rotatable bonds is 3. The maximum absolute atomic E-state index is 14.0. The summed E-state index contributed by atoms with van der Waals surface area (Å²) in [6.45, 7) is -0.258. The number of carbonyl (C=O) groups excluding carboxylic acids is 1. The average Bonchev–Trinajstić information content (AvgIpc) is 2.91. The first-order valence-corrected chi connectivity index (χ1v) is 11.2. The maximum Gasteiger partial charge on any atom is 0.416 e. The molecule has 0 saturated carbocycles. The van der Waals surface area contributed by atoms with Crippen LogP contribution in [-0.4, -0.2) is 23.6 Å². The Morgan fingerprint density at radius 1 is 1.08 bits per heavy atom. The van der Waals surface area contributed by atoms with Crippen molar-refractivity contribution in [1.82, 2.24) is 4.90 Å². The number of hydrogen-bond donors (Lipinski definition) is 1. The zero-order valence-electron chi connectivity index (χ0n) is 19.3. The van der Waals surface area contributed by atoms with Crippen LogP contribution in [0.5, 0.6) is 0 Å². The lowest BCUT2D eigenvalue weighted by Crippen LogP contribution is -2.54. The number of benzene rings is 2. The summed E-state index contributed by atoms with van der Waals surface area (Å²) in [5.74, 6) is -2.40. The van der Waals surface area contributed by atoms with Crippen LogP contribution in [0.4, 0.5) is 18.0 Å². The number of alkyl halides is 3. The van der Waals surface area contributed by atoms with Crippen LogP contribution < -0.4 is 5.73 Å². The van der Waals surface area contributed by atoms with E-state index in [4.69, 9.17) is 10.5 Å². The van der Waals surface area contributed by atoms with E-state index in [0.717, 1.165) is 16.5 Å². The molecule has 37 heavy (non-hydrogen) atoms. The summed E-state index contributed by atoms with van der Waals surface area (Å²) < 4.78 is 47.5. The minimum atomic E-state index is -4.78. The molecule has 0 radical (unpaired) electrons. The van der Waals surface area contributed by atoms with Gasteiger partial charge in [0.2, 0.25) is 0 Å². The van der Waals surface area contributed by atoms with Gasteiger partial charge in [-0.05, 0) is 28.8 Å². The van der Waals surface area contributed by atoms with Crippen LogP contribution in [0.2, 0.25) is 0 Å². The number of halogens is 3. The first kappa shape index (κ1) is 25.5. The molecule has 3 atom stereocenters. The van der Waals surface area contributed by atoms with E-state index in [9.17, 15) is 33.8 Å². The fraction of sp³-hybridized carbons (Fsp3) is 0.259. The lowest BCUT2D eigenvalue weighted by Gasteiger charge is -2.47. The van der Waals surface area contributed by atoms with Gasteiger partial charge in [0.05, 0.1) is 35.4 Å². The molecule has 0 saturated heterocycles. The van der Waals surface area contributed by atoms with E-state index in [1.807, 2.05) is 24.3 Å². The minimum Gasteiger partial charge on any atom is -0.444 e. The van der Waals surface area contributed by atoms with E-state index >= 15 is 0 Å². The predicted molar refractivity (Wildman–Crippen MR) is 124 cm³/mol. The molecule has 0 spiro atoms. The fourth-order valence-corrected chi connectivity index (χ4v) is 5.02. The van der Waals surface area contributed by atoms with E-state index in [0.29, 0.717) is 0 Å². The number of nitrogens with zero attached hydrogens (tertiary/aromatic N) is 4. The van der Waals surface area contributed by atoms with Crippen molar-refractivity contribution in [3.63, 3.8) is 0 Å². The molecule has 0 aromatic heterocycles. The van der Waals surface area contributed by atoms with Crippen LogP contribution in [0.1, 0.15) is 22.6 Å². The van der Waals surface area contributed by atoms with Crippen molar-refractivity contribution < 1.29 is 22.7 Å². The monoisotopic (exact) mass is 503 g/mol. The highest BCUT2D eigenvalue weighted by Gasteiger charge is 2.58. The number of ether oxygens (including phenoxy) is 1. The van der Waals surface area contributed by atoms with Gasteiger partial charge in [-0.1, -0.05) is 48.5 Å². The van der Waals surface area contributed by atoms with Crippen LogP contribution in [0.15, 0.2) is 78.0 Å². The highest BCUT2D eigenvalue weighted by Crippen LogP contribution is 2.54. The molecular weight excluding hydrogens is 483 g/mol. The minimum absolute atomic E-state index is 0.0354. The number of carbonyl (C=O) groups is 1. The summed E-state index contributed by atoms with van der Waals surface area (Å²) >= 11 is 0. The van der Waals surface area contributed by atoms with Crippen LogP contribution in [0.3, 0.4) is 0 Å². The lowest BCUT2D eigenvalue weighted by atomic mass is 9.55. The quantitative estimate of drug-likeness (QED) is 0.643. The number of fused-ring (bicyclic) bond motifs is 1. The highest BCUT2D eigenvalue weighted by molar-refractivity contribution is 5.70. The normalized spacial score (nSPS) is 22.3. The summed E-state index contributed by atoms with van der Waals surface area (Å²) in [5.41, 5.74) is 3.65. The first-order valence-electron chi connectivity index (χ1n) is 11.2. The second kappa shape index (κ2) is 9.81. The standard InChI is InChI=1S/C27H20F3N5O2/c28-27(29,30)22-9-5-4-8-19(22)23-21-13-35(25(36)37-14-17-6-2-1-3-7-17)11-10-18(21)20(12-31)24(34)26(23,15-32)16-33/h1-11,21,23-24H,13-14,34H2/t21-,23+,24?/m0/s1. The van der Waals surface area contributed by atoms with Gasteiger partial charge in [-0.25, -0.2) is 4.79 Å². The Morgan fingerprint density at radius 2 is 1.73 bits per heavy atom. The second-order valence-corrected chi connectivity index (χ2v) is 8.73. The zero-order chi connectivity index (χ0) is 26.8. The van der Waals surface area contributed by atoms with Crippen LogP contribution in [0.25, 0.3) is 0 Å². The van der Waals surface area contributed by atoms with Gasteiger partial charge in [0.1, 0.15) is 6.61 Å². The van der Waals surface area contributed by atoms with Crippen LogP contribution >= 0.6 is 0 Å². The summed E-state index contributed by atoms with van der Waals surface area (Å²) in [6.07, 6.45) is -2.77. The Balaban J connectivity index is 1.81. The summed E-state index contributed by atoms with van der Waals surface area (Å²) in [5, 5.41) is 30.1. The summed E-state index contributed by atoms with van der Waals surface area (Å²) in [6, 6.07) is 17.7. The van der Waals surface area contributed by atoms with Gasteiger partial charge in [0.25, 0.3) is 0 Å². The molecule has 1 amide bonds. The molecule has 2 aromatic carbocycles. The Morgan fingerprint density at radius 3 is 2.35 bits per heavy atom. The third-order valence-electron chi connectivity index (χ3n) is 6.76. The SMILES string of the molecule is N#CC1=C2C=CN(C(=O)OCc3ccccc3)C[C@@H]2[C@@H](c2ccccc2C(F)(F)F)C(C#N)(C#N)C1N. The van der Waals surface area contributed by atoms with E-state index < -0.39 is 41.1 Å². The molecule has 186 valence electrons. The number of hydrogen-bond acceptors (Lipinski definition) is 6. The second-order valence-electron chi connectivity index (χ2n) is 8.73. The van der Waals surface area contributed by atoms with Crippen molar-refractivity contribution >= 4 is 6.09 Å². The Bertz CT molecular complexity index is 1380. The molecule has 2 N–H and O–H groups in total. The van der Waals surface area contributed by atoms with Crippen molar-refractivity contribution in [3.05, 3.63) is 94.7 Å². The molecule has 2 aliphatic rings. The van der Waals surface area contributed by atoms with E-state index in [-0.39, 0.29) is 29.9 Å². The van der Waals surface area contributed by atoms with Crippen molar-refractivity contribution in [2.24, 2.45) is 17.1 Å². The molecular formula is C27H20F3N5O2. The van der Waals surface area contributed by atoms with E-state index in [1.54, 1.807) is 24.3 Å². The van der Waals surface area contributed by atoms with Gasteiger partial charge in [-0.15, -0.1) is 0 Å². The Hall–Kier alpha value is -4.59. The Kier molecular flexibility index (Phi) is 6.76. The lowest BCUT2D eigenvalue weighted by molar-refractivity contribution is -0.138. The third kappa shape index (κ3) is 4.42. The van der Waals surface area contributed by atoms with Gasteiger partial charge in [-0.3, -0.25) is 4.90 Å². The van der Waals surface area contributed by atoms with E-state index in [2.05, 4.69) is 0 Å². The van der Waals surface area contributed by atoms with Gasteiger partial charge in [-0.2, -0.15) is 29.0 Å². The zero-order valence-corrected chi connectivity index (χ0v) is 19.3. The van der Waals surface area contributed by atoms with Gasteiger partial charge in [0, 0.05) is 24.6 Å². The molecule has 1 heterocycles. The number of nitriles is 3. The van der Waals surface area contributed by atoms with Crippen molar-refractivity contribution in [1.29, 1.82) is 15.8 Å². The van der Waals surface area contributed by atoms with Gasteiger partial charge in [0.15, 0.2) is 5.41 Å². The van der Waals surface area contributed by atoms with Crippen molar-refractivity contribution in [3.8, 4) is 18.2 Å². The van der Waals surface area contributed by atoms with Crippen molar-refractivity contribution in [2.75, 3.05) is 6.54 Å². The fourth-order valence-electron chi connectivity index (χ4n) is 5.02. The molecule has 4 rings (SSSR count). The maximum atomic E-state index is 14.0. The third-order valence-corrected chi connectivity index (χ3v) is 6.76. The van der Waals surface area contributed by atoms with Crippen LogP contribution in [-0.2, 0) is 17.5 Å². The van der Waals surface area contributed by atoms with E-state index in [1.165, 1.54) is 30.5 Å². The first-order chi connectivity index (χ1) is 17.7. The smallest absolute Gasteiger partial charge is 0.416 e. The molecule has 1 aliphatic heterocycles. The van der Waals surface area contributed by atoms with Gasteiger partial charge < -0.3 is 10.5 Å². The van der Waals surface area contributed by atoms with Crippen molar-refractivity contribution in [2.45, 2.75) is 24.7 Å². The topological polar surface area (TPSA) is 127 Å². The molecule has 0 fully saturated rings. The number of amides is 1. The largest absolute Gasteiger partial charge is 0.444 e. The van der Waals surface area contributed by atoms with Gasteiger partial charge >= 0.3 is 12.3 Å². The number of nitrogens with two attached hydrogens (primary N) is 1. The number of allylic oxidation sites excluding steroid dienone is 1. The highest BCUT2D eigenvalue weighted by atomic mass is 19.4. The predicted octanol–water partition coefficient (Wildman–Crippen LogP) is 4.77. The molecule has 0 bridgehead atoms. The summed E-state index contributed by atoms with van der Waals surface area (Å²) in [4.78, 5) is 14.0. The van der Waals surface area contributed by atoms with Crippen LogP contribution in [0, 0.1) is 45.3 Å². The Labute approximate surface area is 211 Å². The molecule has 2 aromatic rings. The molecule has 1 aliphatic carbocycles. The average molecular weight is 503 g/mol.